The molecule has 1 aliphatic rings. The molecule has 1 amide bonds. The summed E-state index contributed by atoms with van der Waals surface area (Å²) in [5.74, 6) is -5.64. The lowest BCUT2D eigenvalue weighted by Crippen LogP contribution is -2.48. The van der Waals surface area contributed by atoms with Crippen LogP contribution in [0.3, 0.4) is 0 Å². The molecule has 1 saturated heterocycles. The number of piperidine rings is 1. The first kappa shape index (κ1) is 48.0. The molecule has 3 aromatic carbocycles. The number of methoxy groups -OCH3 is 1. The van der Waals surface area contributed by atoms with Crippen LogP contribution >= 0.6 is 0 Å². The number of hydrogen-bond acceptors (Lipinski definition) is 9. The van der Waals surface area contributed by atoms with Gasteiger partial charge in [0, 0.05) is 50.7 Å². The highest BCUT2D eigenvalue weighted by Gasteiger charge is 2.31. The smallest absolute Gasteiger partial charge is 0.416 e. The fourth-order valence-electron chi connectivity index (χ4n) is 7.23. The van der Waals surface area contributed by atoms with Gasteiger partial charge in [0.1, 0.15) is 6.54 Å². The van der Waals surface area contributed by atoms with Gasteiger partial charge in [0.05, 0.1) is 24.1 Å². The van der Waals surface area contributed by atoms with E-state index in [1.54, 1.807) is 22.6 Å². The highest BCUT2D eigenvalue weighted by molar-refractivity contribution is 5.83. The van der Waals surface area contributed by atoms with Gasteiger partial charge < -0.3 is 39.5 Å². The lowest BCUT2D eigenvalue weighted by molar-refractivity contribution is -0.165. The Morgan fingerprint density at radius 3 is 2.06 bits per heavy atom. The van der Waals surface area contributed by atoms with Crippen molar-refractivity contribution in [1.29, 1.82) is 0 Å². The Morgan fingerprint density at radius 2 is 1.51 bits per heavy atom. The summed E-state index contributed by atoms with van der Waals surface area (Å²) < 4.78 is 76.5. The third-order valence-corrected chi connectivity index (χ3v) is 10.8. The molecule has 0 aliphatic carbocycles. The van der Waals surface area contributed by atoms with E-state index in [1.807, 2.05) is 29.2 Å². The zero-order valence-electron chi connectivity index (χ0n) is 34.5. The van der Waals surface area contributed by atoms with Gasteiger partial charge in [-0.05, 0) is 72.7 Å². The van der Waals surface area contributed by atoms with Gasteiger partial charge in [0.2, 0.25) is 5.91 Å². The summed E-state index contributed by atoms with van der Waals surface area (Å²) in [6, 6.07) is 17.8. The van der Waals surface area contributed by atoms with Crippen LogP contribution in [-0.4, -0.2) is 114 Å². The molecular weight excluding hydrogens is 838 g/mol. The summed E-state index contributed by atoms with van der Waals surface area (Å²) >= 11 is 0. The van der Waals surface area contributed by atoms with Gasteiger partial charge >= 0.3 is 18.1 Å². The molecule has 2 atom stereocenters. The standard InChI is InChI=1S/C40H42F5N5O3.C4H6O6/c1-3-47-19-17-32(18-20-47)49(24-27-7-9-28(10-8-27)29-11-14-31(15-12-29)40(43,44)45)37(52)26-50-33(16-13-30-5-4-6-35(41)38(30)42)23-36(51)34-25-48(21-22-53-2)46-39(34)50;5-1(3(7)8)2(6)4(9)10/h4-12,14-15,23,25,32H,3,13,16-22,24,26H2,1-2H3;1-2,5-6H,(H,7,8)(H,9,10). The zero-order valence-corrected chi connectivity index (χ0v) is 34.5. The van der Waals surface area contributed by atoms with Crippen LogP contribution in [0.4, 0.5) is 22.0 Å². The van der Waals surface area contributed by atoms with Crippen LogP contribution in [0.5, 0.6) is 0 Å². The van der Waals surface area contributed by atoms with Gasteiger partial charge in [0.15, 0.2) is 34.9 Å². The number of carboxylic acids is 2. The molecule has 14 nitrogen and oxygen atoms in total. The Hall–Kier alpha value is -6.02. The van der Waals surface area contributed by atoms with Crippen molar-refractivity contribution in [3.63, 3.8) is 0 Å². The predicted molar refractivity (Wildman–Crippen MR) is 219 cm³/mol. The molecule has 6 rings (SSSR count). The van der Waals surface area contributed by atoms with Gasteiger partial charge in [-0.1, -0.05) is 55.5 Å². The summed E-state index contributed by atoms with van der Waals surface area (Å²) in [7, 11) is 1.56. The maximum atomic E-state index is 14.6. The predicted octanol–water partition coefficient (Wildman–Crippen LogP) is 4.98. The van der Waals surface area contributed by atoms with Gasteiger partial charge in [-0.3, -0.25) is 14.3 Å². The Kier molecular flexibility index (Phi) is 16.3. The second kappa shape index (κ2) is 21.4. The average Bonchev–Trinajstić information content (AvgIpc) is 3.71. The molecule has 0 spiro atoms. The molecule has 2 unspecified atom stereocenters. The molecule has 0 radical (unpaired) electrons. The van der Waals surface area contributed by atoms with Gasteiger partial charge in [-0.25, -0.2) is 18.4 Å². The number of aliphatic hydroxyl groups excluding tert-OH is 2. The van der Waals surface area contributed by atoms with Gasteiger partial charge in [-0.2, -0.15) is 18.3 Å². The molecule has 19 heteroatoms. The number of halogens is 5. The number of amides is 1. The molecule has 1 fully saturated rings. The average molecular weight is 886 g/mol. The minimum atomic E-state index is -4.42. The fourth-order valence-corrected chi connectivity index (χ4v) is 7.23. The van der Waals surface area contributed by atoms with Crippen molar-refractivity contribution in [2.24, 2.45) is 0 Å². The SMILES string of the molecule is CCN1CCC(N(Cc2ccc(-c3ccc(C(F)(F)F)cc3)cc2)C(=O)Cn2c(CCc3cccc(F)c3F)cc(=O)c3cn(CCOC)nc32)CC1.O=C(O)C(O)C(O)C(=O)O. The maximum Gasteiger partial charge on any atom is 0.416 e. The van der Waals surface area contributed by atoms with Crippen molar-refractivity contribution in [2.75, 3.05) is 33.4 Å². The number of pyridine rings is 1. The van der Waals surface area contributed by atoms with Crippen LogP contribution in [0.2, 0.25) is 0 Å². The molecule has 2 aromatic heterocycles. The number of carboxylic acid groups (broad SMARTS) is 2. The number of nitrogens with zero attached hydrogens (tertiary/aromatic N) is 5. The first-order chi connectivity index (χ1) is 29.9. The van der Waals surface area contributed by atoms with E-state index in [2.05, 4.69) is 16.9 Å². The van der Waals surface area contributed by atoms with Crippen molar-refractivity contribution in [3.05, 3.63) is 123 Å². The van der Waals surface area contributed by atoms with E-state index < -0.39 is 47.5 Å². The number of likely N-dealkylation sites (tertiary alicyclic amines) is 1. The molecule has 0 bridgehead atoms. The molecule has 338 valence electrons. The molecule has 0 saturated carbocycles. The number of carbonyl (C=O) groups excluding carboxylic acids is 1. The van der Waals surface area contributed by atoms with Crippen LogP contribution in [-0.2, 0) is 57.8 Å². The van der Waals surface area contributed by atoms with Crippen molar-refractivity contribution < 1.29 is 61.5 Å². The Balaban J connectivity index is 0.000000667. The second-order valence-corrected chi connectivity index (χ2v) is 14.9. The molecule has 63 heavy (non-hydrogen) atoms. The fraction of sp³-hybridized carbons (Fsp3) is 0.386. The lowest BCUT2D eigenvalue weighted by atomic mass is 10.00. The number of benzene rings is 3. The first-order valence-electron chi connectivity index (χ1n) is 20.0. The summed E-state index contributed by atoms with van der Waals surface area (Å²) in [5.41, 5.74) is 2.17. The second-order valence-electron chi connectivity index (χ2n) is 14.9. The largest absolute Gasteiger partial charge is 0.479 e. The minimum Gasteiger partial charge on any atom is -0.479 e. The van der Waals surface area contributed by atoms with E-state index >= 15 is 0 Å². The van der Waals surface area contributed by atoms with E-state index in [1.165, 1.54) is 30.3 Å². The van der Waals surface area contributed by atoms with Gasteiger partial charge in [-0.15, -0.1) is 0 Å². The Bertz CT molecular complexity index is 2400. The Morgan fingerprint density at radius 1 is 0.905 bits per heavy atom. The van der Waals surface area contributed by atoms with E-state index in [9.17, 15) is 41.1 Å². The first-order valence-corrected chi connectivity index (χ1v) is 20.0. The summed E-state index contributed by atoms with van der Waals surface area (Å²) in [6.07, 6.45) is -5.54. The highest BCUT2D eigenvalue weighted by Crippen LogP contribution is 2.31. The number of ether oxygens (including phenoxy) is 1. The van der Waals surface area contributed by atoms with E-state index in [0.29, 0.717) is 42.0 Å². The number of fused-ring (bicyclic) bond motifs is 1. The summed E-state index contributed by atoms with van der Waals surface area (Å²) in [5, 5.41) is 37.5. The molecule has 4 N–H and O–H groups in total. The topological polar surface area (TPSA) is 188 Å². The summed E-state index contributed by atoms with van der Waals surface area (Å²) in [6.45, 7) is 5.55. The lowest BCUT2D eigenvalue weighted by Gasteiger charge is -2.38. The van der Waals surface area contributed by atoms with Crippen molar-refractivity contribution >= 4 is 28.9 Å². The van der Waals surface area contributed by atoms with Crippen molar-refractivity contribution in [2.45, 2.75) is 76.7 Å². The van der Waals surface area contributed by atoms with Crippen LogP contribution in [0, 0.1) is 11.6 Å². The van der Waals surface area contributed by atoms with Crippen molar-refractivity contribution in [1.82, 2.24) is 24.1 Å². The molecule has 3 heterocycles. The molecule has 5 aromatic rings. The molecule has 1 aliphatic heterocycles. The van der Waals surface area contributed by atoms with Crippen LogP contribution in [0.25, 0.3) is 22.2 Å². The highest BCUT2D eigenvalue weighted by atomic mass is 19.4. The Labute approximate surface area is 358 Å². The van der Waals surface area contributed by atoms with E-state index in [4.69, 9.17) is 25.2 Å². The van der Waals surface area contributed by atoms with Crippen LogP contribution in [0.1, 0.15) is 42.1 Å². The van der Waals surface area contributed by atoms with E-state index in [0.717, 1.165) is 61.8 Å². The number of hydrogen-bond donors (Lipinski definition) is 4. The number of aromatic nitrogens is 3. The minimum absolute atomic E-state index is 0.0705. The third kappa shape index (κ3) is 12.3. The van der Waals surface area contributed by atoms with Gasteiger partial charge in [0.25, 0.3) is 0 Å². The maximum absolute atomic E-state index is 14.6. The number of rotatable bonds is 16. The van der Waals surface area contributed by atoms with Crippen LogP contribution < -0.4 is 5.43 Å². The normalized spacial score (nSPS) is 14.5. The van der Waals surface area contributed by atoms with Crippen LogP contribution in [0.15, 0.2) is 83.8 Å². The number of carbonyl (C=O) groups is 3. The monoisotopic (exact) mass is 885 g/mol. The van der Waals surface area contributed by atoms with Crippen molar-refractivity contribution in [3.8, 4) is 11.1 Å². The summed E-state index contributed by atoms with van der Waals surface area (Å²) in [4.78, 5) is 51.6. The quantitative estimate of drug-likeness (QED) is 0.0979. The number of alkyl halides is 3. The zero-order chi connectivity index (χ0) is 46.0. The van der Waals surface area contributed by atoms with E-state index in [-0.39, 0.29) is 42.3 Å². The number of aliphatic carboxylic acids is 2. The third-order valence-electron chi connectivity index (χ3n) is 10.8. The number of aliphatic hydroxyl groups is 2. The molecular formula is C44H48F5N5O9. The number of aryl methyl sites for hydroxylation is 2.